The van der Waals surface area contributed by atoms with E-state index < -0.39 is 0 Å². The molecule has 5 heteroatoms. The average Bonchev–Trinajstić information content (AvgIpc) is 3.07. The Kier molecular flexibility index (Phi) is 6.34. The van der Waals surface area contributed by atoms with E-state index in [1.165, 1.54) is 0 Å². The average molecular weight is 380 g/mol. The SMILES string of the molecule is CCC(C)c1ccccc1NC(=O)NC1CC(=O)N(C(C)c2ccccc2)C1. The Bertz CT molecular complexity index is 822. The summed E-state index contributed by atoms with van der Waals surface area (Å²) >= 11 is 0. The van der Waals surface area contributed by atoms with E-state index >= 15 is 0 Å². The fraction of sp³-hybridized carbons (Fsp3) is 0.391. The number of urea groups is 1. The Hall–Kier alpha value is -2.82. The minimum Gasteiger partial charge on any atom is -0.334 e. The van der Waals surface area contributed by atoms with E-state index in [0.717, 1.165) is 23.2 Å². The summed E-state index contributed by atoms with van der Waals surface area (Å²) in [6.07, 6.45) is 1.33. The van der Waals surface area contributed by atoms with Crippen molar-refractivity contribution in [1.29, 1.82) is 0 Å². The van der Waals surface area contributed by atoms with E-state index in [-0.39, 0.29) is 24.0 Å². The molecule has 3 unspecified atom stereocenters. The number of nitrogens with zero attached hydrogens (tertiary/aromatic N) is 1. The number of benzene rings is 2. The Morgan fingerprint density at radius 2 is 1.79 bits per heavy atom. The Labute approximate surface area is 167 Å². The number of hydrogen-bond donors (Lipinski definition) is 2. The molecule has 3 atom stereocenters. The molecular weight excluding hydrogens is 350 g/mol. The second kappa shape index (κ2) is 8.91. The van der Waals surface area contributed by atoms with Crippen molar-refractivity contribution in [2.24, 2.45) is 0 Å². The summed E-state index contributed by atoms with van der Waals surface area (Å²) < 4.78 is 0. The number of nitrogens with one attached hydrogen (secondary N) is 2. The van der Waals surface area contributed by atoms with Gasteiger partial charge in [0.1, 0.15) is 0 Å². The van der Waals surface area contributed by atoms with Crippen LogP contribution in [-0.2, 0) is 4.79 Å². The predicted octanol–water partition coefficient (Wildman–Crippen LogP) is 4.68. The van der Waals surface area contributed by atoms with E-state index in [1.807, 2.05) is 66.4 Å². The maximum Gasteiger partial charge on any atom is 0.319 e. The first-order valence-corrected chi connectivity index (χ1v) is 10.0. The second-order valence-electron chi connectivity index (χ2n) is 7.53. The zero-order valence-electron chi connectivity index (χ0n) is 16.8. The van der Waals surface area contributed by atoms with Gasteiger partial charge in [-0.25, -0.2) is 4.79 Å². The van der Waals surface area contributed by atoms with Crippen molar-refractivity contribution in [2.45, 2.75) is 51.6 Å². The highest BCUT2D eigenvalue weighted by molar-refractivity contribution is 5.91. The van der Waals surface area contributed by atoms with Crippen LogP contribution in [0.25, 0.3) is 0 Å². The summed E-state index contributed by atoms with van der Waals surface area (Å²) in [4.78, 5) is 26.8. The molecule has 1 aliphatic rings. The summed E-state index contributed by atoms with van der Waals surface area (Å²) in [5, 5.41) is 5.93. The standard InChI is InChI=1S/C23H29N3O2/c1-4-16(2)20-12-8-9-13-21(20)25-23(28)24-19-14-22(27)26(15-19)17(3)18-10-6-5-7-11-18/h5-13,16-17,19H,4,14-15H2,1-3H3,(H2,24,25,28). The van der Waals surface area contributed by atoms with Gasteiger partial charge in [0.25, 0.3) is 0 Å². The van der Waals surface area contributed by atoms with Crippen LogP contribution in [0.3, 0.4) is 0 Å². The van der Waals surface area contributed by atoms with Crippen molar-refractivity contribution < 1.29 is 9.59 Å². The van der Waals surface area contributed by atoms with Crippen molar-refractivity contribution in [3.8, 4) is 0 Å². The van der Waals surface area contributed by atoms with E-state index in [0.29, 0.717) is 18.9 Å². The van der Waals surface area contributed by atoms with Crippen molar-refractivity contribution >= 4 is 17.6 Å². The minimum absolute atomic E-state index is 0.00492. The zero-order chi connectivity index (χ0) is 20.1. The lowest BCUT2D eigenvalue weighted by Crippen LogP contribution is -2.40. The van der Waals surface area contributed by atoms with Gasteiger partial charge < -0.3 is 15.5 Å². The fourth-order valence-electron chi connectivity index (χ4n) is 3.72. The van der Waals surface area contributed by atoms with Gasteiger partial charge in [0.05, 0.1) is 12.1 Å². The number of carbonyl (C=O) groups excluding carboxylic acids is 2. The summed E-state index contributed by atoms with van der Waals surface area (Å²) in [6, 6.07) is 17.4. The van der Waals surface area contributed by atoms with Gasteiger partial charge in [-0.2, -0.15) is 0 Å². The predicted molar refractivity (Wildman–Crippen MR) is 112 cm³/mol. The quantitative estimate of drug-likeness (QED) is 0.765. The number of likely N-dealkylation sites (tertiary alicyclic amines) is 1. The third kappa shape index (κ3) is 4.53. The van der Waals surface area contributed by atoms with Crippen LogP contribution < -0.4 is 10.6 Å². The lowest BCUT2D eigenvalue weighted by molar-refractivity contribution is -0.129. The van der Waals surface area contributed by atoms with Crippen molar-refractivity contribution in [3.05, 3.63) is 65.7 Å². The van der Waals surface area contributed by atoms with E-state index in [2.05, 4.69) is 24.5 Å². The lowest BCUT2D eigenvalue weighted by Gasteiger charge is -2.25. The summed E-state index contributed by atoms with van der Waals surface area (Å²) in [6.45, 7) is 6.83. The molecule has 1 fully saturated rings. The van der Waals surface area contributed by atoms with Crippen LogP contribution in [0, 0.1) is 0 Å². The lowest BCUT2D eigenvalue weighted by atomic mass is 9.97. The summed E-state index contributed by atoms with van der Waals surface area (Å²) in [5.74, 6) is 0.438. The summed E-state index contributed by atoms with van der Waals surface area (Å²) in [7, 11) is 0. The molecule has 0 aliphatic carbocycles. The van der Waals surface area contributed by atoms with Gasteiger partial charge in [0.2, 0.25) is 5.91 Å². The molecule has 2 aromatic carbocycles. The number of carbonyl (C=O) groups is 2. The first kappa shape index (κ1) is 19.9. The van der Waals surface area contributed by atoms with Crippen LogP contribution in [0.1, 0.15) is 56.7 Å². The zero-order valence-corrected chi connectivity index (χ0v) is 16.8. The molecule has 0 saturated carbocycles. The molecule has 28 heavy (non-hydrogen) atoms. The number of hydrogen-bond acceptors (Lipinski definition) is 2. The number of anilines is 1. The third-order valence-corrected chi connectivity index (χ3v) is 5.60. The van der Waals surface area contributed by atoms with Crippen LogP contribution in [0.2, 0.25) is 0 Å². The Morgan fingerprint density at radius 1 is 1.11 bits per heavy atom. The van der Waals surface area contributed by atoms with Crippen LogP contribution in [-0.4, -0.2) is 29.4 Å². The smallest absolute Gasteiger partial charge is 0.319 e. The van der Waals surface area contributed by atoms with Gasteiger partial charge >= 0.3 is 6.03 Å². The first-order chi connectivity index (χ1) is 13.5. The highest BCUT2D eigenvalue weighted by Crippen LogP contribution is 2.27. The van der Waals surface area contributed by atoms with Crippen molar-refractivity contribution in [2.75, 3.05) is 11.9 Å². The molecule has 3 rings (SSSR count). The number of para-hydroxylation sites is 1. The maximum absolute atomic E-state index is 12.5. The molecular formula is C23H29N3O2. The first-order valence-electron chi connectivity index (χ1n) is 10.0. The molecule has 2 N–H and O–H groups in total. The van der Waals surface area contributed by atoms with Gasteiger partial charge in [-0.3, -0.25) is 4.79 Å². The molecule has 2 aromatic rings. The van der Waals surface area contributed by atoms with Crippen LogP contribution in [0.5, 0.6) is 0 Å². The van der Waals surface area contributed by atoms with Crippen LogP contribution in [0.4, 0.5) is 10.5 Å². The number of rotatable bonds is 6. The molecule has 1 aliphatic heterocycles. The van der Waals surface area contributed by atoms with Gasteiger partial charge in [0, 0.05) is 18.7 Å². The minimum atomic E-state index is -0.261. The van der Waals surface area contributed by atoms with Crippen LogP contribution >= 0.6 is 0 Å². The molecule has 0 aromatic heterocycles. The fourth-order valence-corrected chi connectivity index (χ4v) is 3.72. The third-order valence-electron chi connectivity index (χ3n) is 5.60. The van der Waals surface area contributed by atoms with E-state index in [9.17, 15) is 9.59 Å². The molecule has 0 bridgehead atoms. The molecule has 5 nitrogen and oxygen atoms in total. The largest absolute Gasteiger partial charge is 0.334 e. The van der Waals surface area contributed by atoms with Crippen LogP contribution in [0.15, 0.2) is 54.6 Å². The van der Waals surface area contributed by atoms with E-state index in [1.54, 1.807) is 0 Å². The second-order valence-corrected chi connectivity index (χ2v) is 7.53. The van der Waals surface area contributed by atoms with Gasteiger partial charge in [-0.15, -0.1) is 0 Å². The van der Waals surface area contributed by atoms with Crippen molar-refractivity contribution in [1.82, 2.24) is 10.2 Å². The summed E-state index contributed by atoms with van der Waals surface area (Å²) in [5.41, 5.74) is 3.05. The Morgan fingerprint density at radius 3 is 2.50 bits per heavy atom. The molecule has 3 amide bonds. The van der Waals surface area contributed by atoms with Gasteiger partial charge in [-0.1, -0.05) is 62.4 Å². The monoisotopic (exact) mass is 379 g/mol. The molecule has 148 valence electrons. The molecule has 1 saturated heterocycles. The van der Waals surface area contributed by atoms with Gasteiger partial charge in [0.15, 0.2) is 0 Å². The normalized spacial score (nSPS) is 18.6. The van der Waals surface area contributed by atoms with Gasteiger partial charge in [-0.05, 0) is 36.5 Å². The number of amides is 3. The topological polar surface area (TPSA) is 61.4 Å². The van der Waals surface area contributed by atoms with E-state index in [4.69, 9.17) is 0 Å². The maximum atomic E-state index is 12.5. The molecule has 0 spiro atoms. The molecule has 1 heterocycles. The Balaban J connectivity index is 1.61. The highest BCUT2D eigenvalue weighted by atomic mass is 16.2. The highest BCUT2D eigenvalue weighted by Gasteiger charge is 2.34. The molecule has 0 radical (unpaired) electrons. The van der Waals surface area contributed by atoms with Crippen molar-refractivity contribution in [3.63, 3.8) is 0 Å².